The molecular formula is C30H27ClN4OS. The number of thiophene rings is 1. The molecule has 4 heterocycles. The third-order valence-electron chi connectivity index (χ3n) is 6.99. The lowest BCUT2D eigenvalue weighted by molar-refractivity contribution is 0.0631. The number of aromatic nitrogens is 2. The van der Waals surface area contributed by atoms with Crippen LogP contribution in [0.3, 0.4) is 0 Å². The Balaban J connectivity index is 1.33. The lowest BCUT2D eigenvalue weighted by atomic mass is 10.1. The maximum Gasteiger partial charge on any atom is 0.264 e. The van der Waals surface area contributed by atoms with Gasteiger partial charge in [0, 0.05) is 55.1 Å². The summed E-state index contributed by atoms with van der Waals surface area (Å²) in [7, 11) is 0. The van der Waals surface area contributed by atoms with Crippen LogP contribution in [0.5, 0.6) is 0 Å². The Labute approximate surface area is 225 Å². The number of aryl methyl sites for hydroxylation is 1. The van der Waals surface area contributed by atoms with E-state index in [1.54, 1.807) is 0 Å². The fourth-order valence-corrected chi connectivity index (χ4v) is 5.85. The van der Waals surface area contributed by atoms with Crippen molar-refractivity contribution in [2.75, 3.05) is 26.2 Å². The number of pyridine rings is 1. The van der Waals surface area contributed by atoms with Crippen LogP contribution in [0.25, 0.3) is 28.0 Å². The first kappa shape index (κ1) is 23.9. The number of fused-ring (bicyclic) bond motifs is 1. The SMILES string of the molecule is Cc1ccc(-c2nc3ccc(-c4ccccc4Cl)cn3c2CN2CCN(C(=O)c3cccs3)CC2)cc1. The van der Waals surface area contributed by atoms with Gasteiger partial charge in [0.05, 0.1) is 16.3 Å². The van der Waals surface area contributed by atoms with E-state index in [-0.39, 0.29) is 5.91 Å². The van der Waals surface area contributed by atoms with Crippen LogP contribution < -0.4 is 0 Å². The van der Waals surface area contributed by atoms with Gasteiger partial charge >= 0.3 is 0 Å². The molecule has 5 nitrogen and oxygen atoms in total. The van der Waals surface area contributed by atoms with Crippen LogP contribution in [0, 0.1) is 6.92 Å². The minimum absolute atomic E-state index is 0.133. The summed E-state index contributed by atoms with van der Waals surface area (Å²) >= 11 is 8.04. The highest BCUT2D eigenvalue weighted by molar-refractivity contribution is 7.12. The number of nitrogens with zero attached hydrogens (tertiary/aromatic N) is 4. The van der Waals surface area contributed by atoms with Crippen LogP contribution in [0.4, 0.5) is 0 Å². The molecule has 0 saturated carbocycles. The van der Waals surface area contributed by atoms with Gasteiger partial charge in [-0.3, -0.25) is 9.69 Å². The van der Waals surface area contributed by atoms with E-state index in [0.717, 1.165) is 76.3 Å². The molecule has 0 N–H and O–H groups in total. The number of piperazine rings is 1. The Morgan fingerprint density at radius 2 is 1.68 bits per heavy atom. The van der Waals surface area contributed by atoms with E-state index in [2.05, 4.69) is 58.8 Å². The van der Waals surface area contributed by atoms with Crippen molar-refractivity contribution in [1.29, 1.82) is 0 Å². The monoisotopic (exact) mass is 526 g/mol. The van der Waals surface area contributed by atoms with Crippen LogP contribution >= 0.6 is 22.9 Å². The lowest BCUT2D eigenvalue weighted by Crippen LogP contribution is -2.48. The molecule has 7 heteroatoms. The molecule has 0 radical (unpaired) electrons. The molecule has 0 aliphatic carbocycles. The molecule has 1 amide bonds. The molecule has 1 fully saturated rings. The minimum Gasteiger partial charge on any atom is -0.335 e. The summed E-state index contributed by atoms with van der Waals surface area (Å²) in [6, 6.07) is 24.5. The summed E-state index contributed by atoms with van der Waals surface area (Å²) in [4.78, 5) is 23.1. The zero-order chi connectivity index (χ0) is 25.4. The molecular weight excluding hydrogens is 500 g/mol. The van der Waals surface area contributed by atoms with Crippen LogP contribution in [0.1, 0.15) is 20.9 Å². The highest BCUT2D eigenvalue weighted by Gasteiger charge is 2.25. The van der Waals surface area contributed by atoms with Crippen molar-refractivity contribution in [3.05, 3.63) is 106 Å². The average molecular weight is 527 g/mol. The summed E-state index contributed by atoms with van der Waals surface area (Å²) in [5.74, 6) is 0.133. The number of carbonyl (C=O) groups is 1. The number of hydrogen-bond donors (Lipinski definition) is 0. The Hall–Kier alpha value is -3.45. The number of halogens is 1. The van der Waals surface area contributed by atoms with Crippen molar-refractivity contribution in [3.63, 3.8) is 0 Å². The standard InChI is InChI=1S/C30H27ClN4OS/c1-21-8-10-22(11-9-21)29-26(20-33-14-16-34(17-15-33)30(36)27-7-4-18-37-27)35-19-23(12-13-28(35)32-29)24-5-2-3-6-25(24)31/h2-13,18-19H,14-17,20H2,1H3. The summed E-state index contributed by atoms with van der Waals surface area (Å²) < 4.78 is 2.21. The van der Waals surface area contributed by atoms with E-state index in [4.69, 9.17) is 16.6 Å². The molecule has 37 heavy (non-hydrogen) atoms. The highest BCUT2D eigenvalue weighted by Crippen LogP contribution is 2.31. The molecule has 0 unspecified atom stereocenters. The predicted octanol–water partition coefficient (Wildman–Crippen LogP) is 6.65. The Bertz CT molecular complexity index is 1550. The second-order valence-corrected chi connectivity index (χ2v) is 10.8. The second-order valence-electron chi connectivity index (χ2n) is 9.44. The van der Waals surface area contributed by atoms with Gasteiger partial charge in [0.25, 0.3) is 5.91 Å². The number of benzene rings is 2. The third-order valence-corrected chi connectivity index (χ3v) is 8.18. The Morgan fingerprint density at radius 3 is 2.41 bits per heavy atom. The largest absolute Gasteiger partial charge is 0.335 e. The molecule has 2 aromatic carbocycles. The van der Waals surface area contributed by atoms with E-state index >= 15 is 0 Å². The first-order valence-corrected chi connectivity index (χ1v) is 13.7. The van der Waals surface area contributed by atoms with E-state index in [0.29, 0.717) is 0 Å². The van der Waals surface area contributed by atoms with Crippen LogP contribution in [0.2, 0.25) is 5.02 Å². The van der Waals surface area contributed by atoms with Gasteiger partial charge in [-0.05, 0) is 42.1 Å². The second kappa shape index (κ2) is 10.1. The third kappa shape index (κ3) is 4.80. The van der Waals surface area contributed by atoms with E-state index in [1.807, 2.05) is 46.7 Å². The molecule has 1 saturated heterocycles. The van der Waals surface area contributed by atoms with Gasteiger partial charge in [-0.2, -0.15) is 0 Å². The zero-order valence-electron chi connectivity index (χ0n) is 20.6. The normalized spacial score (nSPS) is 14.4. The first-order valence-electron chi connectivity index (χ1n) is 12.4. The van der Waals surface area contributed by atoms with Gasteiger partial charge < -0.3 is 9.30 Å². The topological polar surface area (TPSA) is 40.9 Å². The van der Waals surface area contributed by atoms with Crippen molar-refractivity contribution >= 4 is 34.5 Å². The number of carbonyl (C=O) groups excluding carboxylic acids is 1. The summed E-state index contributed by atoms with van der Waals surface area (Å²) in [5, 5.41) is 2.69. The number of imidazole rings is 1. The van der Waals surface area contributed by atoms with Gasteiger partial charge in [0.2, 0.25) is 0 Å². The fourth-order valence-electron chi connectivity index (χ4n) is 4.92. The van der Waals surface area contributed by atoms with Gasteiger partial charge in [-0.25, -0.2) is 4.98 Å². The van der Waals surface area contributed by atoms with Crippen molar-refractivity contribution in [3.8, 4) is 22.4 Å². The lowest BCUT2D eigenvalue weighted by Gasteiger charge is -2.34. The zero-order valence-corrected chi connectivity index (χ0v) is 22.2. The maximum atomic E-state index is 12.8. The summed E-state index contributed by atoms with van der Waals surface area (Å²) in [6.45, 7) is 5.93. The molecule has 0 bridgehead atoms. The quantitative estimate of drug-likeness (QED) is 0.257. The number of rotatable bonds is 5. The van der Waals surface area contributed by atoms with Gasteiger partial charge in [0.15, 0.2) is 0 Å². The van der Waals surface area contributed by atoms with Gasteiger partial charge in [-0.15, -0.1) is 11.3 Å². The Morgan fingerprint density at radius 1 is 0.919 bits per heavy atom. The van der Waals surface area contributed by atoms with Crippen LogP contribution in [-0.2, 0) is 6.54 Å². The smallest absolute Gasteiger partial charge is 0.264 e. The van der Waals surface area contributed by atoms with Crippen molar-refractivity contribution in [2.24, 2.45) is 0 Å². The summed E-state index contributed by atoms with van der Waals surface area (Å²) in [5.41, 5.74) is 7.44. The summed E-state index contributed by atoms with van der Waals surface area (Å²) in [6.07, 6.45) is 2.15. The number of hydrogen-bond acceptors (Lipinski definition) is 4. The Kier molecular flexibility index (Phi) is 6.55. The van der Waals surface area contributed by atoms with Gasteiger partial charge in [0.1, 0.15) is 5.65 Å². The first-order chi connectivity index (χ1) is 18.1. The molecule has 5 aromatic rings. The molecule has 0 atom stereocenters. The maximum absolute atomic E-state index is 12.8. The average Bonchev–Trinajstić information content (AvgIpc) is 3.58. The molecule has 3 aromatic heterocycles. The van der Waals surface area contributed by atoms with Crippen molar-refractivity contribution in [2.45, 2.75) is 13.5 Å². The van der Waals surface area contributed by atoms with Crippen LogP contribution in [0.15, 0.2) is 84.4 Å². The molecule has 186 valence electrons. The van der Waals surface area contributed by atoms with Crippen molar-refractivity contribution in [1.82, 2.24) is 19.2 Å². The number of amides is 1. The molecule has 1 aliphatic heterocycles. The molecule has 1 aliphatic rings. The van der Waals surface area contributed by atoms with E-state index in [1.165, 1.54) is 16.9 Å². The van der Waals surface area contributed by atoms with Crippen LogP contribution in [-0.4, -0.2) is 51.3 Å². The van der Waals surface area contributed by atoms with Crippen molar-refractivity contribution < 1.29 is 4.79 Å². The predicted molar refractivity (Wildman–Crippen MR) is 151 cm³/mol. The van der Waals surface area contributed by atoms with E-state index in [9.17, 15) is 4.79 Å². The molecule has 6 rings (SSSR count). The fraction of sp³-hybridized carbons (Fsp3) is 0.200. The highest BCUT2D eigenvalue weighted by atomic mass is 35.5. The molecule has 0 spiro atoms. The van der Waals surface area contributed by atoms with Gasteiger partial charge in [-0.1, -0.05) is 65.7 Å². The van der Waals surface area contributed by atoms with E-state index < -0.39 is 0 Å². The minimum atomic E-state index is 0.133.